The van der Waals surface area contributed by atoms with Crippen LogP contribution in [0.2, 0.25) is 5.02 Å². The molecule has 0 saturated heterocycles. The van der Waals surface area contributed by atoms with E-state index in [-0.39, 0.29) is 17.0 Å². The van der Waals surface area contributed by atoms with E-state index in [1.54, 1.807) is 30.3 Å². The van der Waals surface area contributed by atoms with Crippen LogP contribution < -0.4 is 5.32 Å². The van der Waals surface area contributed by atoms with E-state index in [4.69, 9.17) is 11.6 Å². The summed E-state index contributed by atoms with van der Waals surface area (Å²) in [7, 11) is 0. The molecule has 0 aliphatic rings. The van der Waals surface area contributed by atoms with Crippen LogP contribution in [0.5, 0.6) is 0 Å². The van der Waals surface area contributed by atoms with Crippen molar-refractivity contribution in [3.63, 3.8) is 0 Å². The van der Waals surface area contributed by atoms with E-state index < -0.39 is 11.7 Å². The first-order valence-corrected chi connectivity index (χ1v) is 8.47. The molecule has 0 bridgehead atoms. The lowest BCUT2D eigenvalue weighted by Gasteiger charge is -2.12. The fraction of sp³-hybridized carbons (Fsp3) is 0.0526. The largest absolute Gasteiger partial charge is 0.418 e. The molecule has 1 N–H and O–H groups in total. The Morgan fingerprint density at radius 2 is 1.75 bits per heavy atom. The maximum absolute atomic E-state index is 13.3. The third kappa shape index (κ3) is 3.59. The Bertz CT molecular complexity index is 1150. The molecular weight excluding hydrogens is 391 g/mol. The van der Waals surface area contributed by atoms with Gasteiger partial charge in [-0.05, 0) is 48.5 Å². The predicted octanol–water partition coefficient (Wildman–Crippen LogP) is 5.50. The van der Waals surface area contributed by atoms with Gasteiger partial charge in [-0.3, -0.25) is 4.98 Å². The summed E-state index contributed by atoms with van der Waals surface area (Å²) >= 11 is 5.88. The average Bonchev–Trinajstić information content (AvgIpc) is 2.69. The first-order chi connectivity index (χ1) is 13.4. The Kier molecular flexibility index (Phi) is 4.56. The van der Waals surface area contributed by atoms with E-state index in [9.17, 15) is 13.2 Å². The summed E-state index contributed by atoms with van der Waals surface area (Å²) in [5.41, 5.74) is 0.545. The summed E-state index contributed by atoms with van der Waals surface area (Å²) in [6, 6.07) is 12.4. The molecule has 0 aliphatic heterocycles. The number of benzene rings is 1. The summed E-state index contributed by atoms with van der Waals surface area (Å²) in [5, 5.41) is 12.2. The van der Waals surface area contributed by atoms with E-state index >= 15 is 0 Å². The van der Waals surface area contributed by atoms with Gasteiger partial charge in [0.15, 0.2) is 5.65 Å². The van der Waals surface area contributed by atoms with Gasteiger partial charge in [0, 0.05) is 22.3 Å². The number of anilines is 2. The highest BCUT2D eigenvalue weighted by atomic mass is 35.5. The molecule has 4 aromatic rings. The molecule has 3 heterocycles. The van der Waals surface area contributed by atoms with Crippen LogP contribution in [0.4, 0.5) is 24.5 Å². The molecule has 0 amide bonds. The zero-order valence-corrected chi connectivity index (χ0v) is 14.8. The van der Waals surface area contributed by atoms with Crippen molar-refractivity contribution >= 4 is 34.0 Å². The van der Waals surface area contributed by atoms with Crippen LogP contribution in [-0.4, -0.2) is 20.2 Å². The molecule has 28 heavy (non-hydrogen) atoms. The number of alkyl halides is 3. The van der Waals surface area contributed by atoms with Gasteiger partial charge in [-0.2, -0.15) is 18.3 Å². The lowest BCUT2D eigenvalue weighted by atomic mass is 10.1. The average molecular weight is 402 g/mol. The van der Waals surface area contributed by atoms with Gasteiger partial charge >= 0.3 is 6.18 Å². The summed E-state index contributed by atoms with van der Waals surface area (Å²) in [6.45, 7) is 0. The molecule has 0 saturated carbocycles. The van der Waals surface area contributed by atoms with Crippen molar-refractivity contribution in [1.82, 2.24) is 20.2 Å². The van der Waals surface area contributed by atoms with Gasteiger partial charge in [0.05, 0.1) is 23.1 Å². The van der Waals surface area contributed by atoms with Crippen LogP contribution in [0.25, 0.3) is 22.4 Å². The molecule has 140 valence electrons. The van der Waals surface area contributed by atoms with Crippen LogP contribution >= 0.6 is 11.6 Å². The second-order valence-corrected chi connectivity index (χ2v) is 6.29. The molecule has 5 nitrogen and oxygen atoms in total. The minimum absolute atomic E-state index is 0.0679. The van der Waals surface area contributed by atoms with E-state index in [1.807, 2.05) is 0 Å². The van der Waals surface area contributed by atoms with Gasteiger partial charge in [-0.25, -0.2) is 4.98 Å². The Morgan fingerprint density at radius 3 is 2.50 bits per heavy atom. The van der Waals surface area contributed by atoms with E-state index in [0.29, 0.717) is 16.1 Å². The molecule has 0 spiro atoms. The minimum atomic E-state index is -4.54. The van der Waals surface area contributed by atoms with Crippen molar-refractivity contribution in [3.05, 3.63) is 71.5 Å². The van der Waals surface area contributed by atoms with Gasteiger partial charge < -0.3 is 5.32 Å². The SMILES string of the molecule is FC(F)(F)c1cccnc1-c1ccc2c(Nc3ccc(Cl)cc3)cnnc2n1. The van der Waals surface area contributed by atoms with Gasteiger partial charge in [0.25, 0.3) is 0 Å². The zero-order valence-electron chi connectivity index (χ0n) is 14.1. The normalized spacial score (nSPS) is 11.6. The minimum Gasteiger partial charge on any atom is -0.354 e. The highest BCUT2D eigenvalue weighted by molar-refractivity contribution is 6.30. The first-order valence-electron chi connectivity index (χ1n) is 8.09. The molecule has 9 heteroatoms. The topological polar surface area (TPSA) is 63.6 Å². The number of hydrogen-bond donors (Lipinski definition) is 1. The van der Waals surface area contributed by atoms with Crippen molar-refractivity contribution in [2.75, 3.05) is 5.32 Å². The van der Waals surface area contributed by atoms with Crippen LogP contribution in [0.1, 0.15) is 5.56 Å². The molecule has 1 aromatic carbocycles. The second kappa shape index (κ2) is 7.05. The van der Waals surface area contributed by atoms with Crippen molar-refractivity contribution in [1.29, 1.82) is 0 Å². The quantitative estimate of drug-likeness (QED) is 0.491. The number of pyridine rings is 2. The Hall–Kier alpha value is -3.26. The fourth-order valence-electron chi connectivity index (χ4n) is 2.70. The van der Waals surface area contributed by atoms with Crippen molar-refractivity contribution in [2.24, 2.45) is 0 Å². The molecule has 0 radical (unpaired) electrons. The number of rotatable bonds is 3. The lowest BCUT2D eigenvalue weighted by Crippen LogP contribution is -2.09. The number of aromatic nitrogens is 4. The summed E-state index contributed by atoms with van der Waals surface area (Å²) < 4.78 is 39.8. The van der Waals surface area contributed by atoms with Gasteiger partial charge in [0.2, 0.25) is 0 Å². The smallest absolute Gasteiger partial charge is 0.354 e. The van der Waals surface area contributed by atoms with E-state index in [0.717, 1.165) is 11.8 Å². The van der Waals surface area contributed by atoms with Crippen LogP contribution in [0.3, 0.4) is 0 Å². The number of nitrogens with one attached hydrogen (secondary N) is 1. The Morgan fingerprint density at radius 1 is 0.964 bits per heavy atom. The maximum Gasteiger partial charge on any atom is 0.418 e. The standard InChI is InChI=1S/C19H11ClF3N5/c20-11-3-5-12(6-4-11)26-16-10-25-28-18-13(16)7-8-15(27-18)17-14(19(21,22)23)2-1-9-24-17/h1-10H,(H,26,27,28). The second-order valence-electron chi connectivity index (χ2n) is 5.86. The predicted molar refractivity (Wildman–Crippen MR) is 100 cm³/mol. The number of hydrogen-bond acceptors (Lipinski definition) is 5. The number of halogens is 4. The monoisotopic (exact) mass is 401 g/mol. The lowest BCUT2D eigenvalue weighted by molar-refractivity contribution is -0.137. The maximum atomic E-state index is 13.3. The van der Waals surface area contributed by atoms with Crippen LogP contribution in [-0.2, 0) is 6.18 Å². The van der Waals surface area contributed by atoms with Gasteiger partial charge in [0.1, 0.15) is 5.69 Å². The number of fused-ring (bicyclic) bond motifs is 1. The van der Waals surface area contributed by atoms with Crippen molar-refractivity contribution < 1.29 is 13.2 Å². The Balaban J connectivity index is 1.77. The molecule has 4 rings (SSSR count). The molecule has 0 aliphatic carbocycles. The third-order valence-electron chi connectivity index (χ3n) is 3.98. The highest BCUT2D eigenvalue weighted by Crippen LogP contribution is 2.35. The molecular formula is C19H11ClF3N5. The van der Waals surface area contributed by atoms with Crippen molar-refractivity contribution in [3.8, 4) is 11.4 Å². The summed E-state index contributed by atoms with van der Waals surface area (Å²) in [6.07, 6.45) is -1.73. The fourth-order valence-corrected chi connectivity index (χ4v) is 2.83. The first kappa shape index (κ1) is 18.1. The van der Waals surface area contributed by atoms with Gasteiger partial charge in [-0.15, -0.1) is 5.10 Å². The summed E-state index contributed by atoms with van der Waals surface area (Å²) in [4.78, 5) is 8.10. The molecule has 0 unspecified atom stereocenters. The van der Waals surface area contributed by atoms with E-state index in [2.05, 4.69) is 25.5 Å². The van der Waals surface area contributed by atoms with Crippen LogP contribution in [0, 0.1) is 0 Å². The molecule has 0 atom stereocenters. The highest BCUT2D eigenvalue weighted by Gasteiger charge is 2.34. The van der Waals surface area contributed by atoms with Crippen LogP contribution in [0.15, 0.2) is 60.9 Å². The number of nitrogens with zero attached hydrogens (tertiary/aromatic N) is 4. The molecule has 0 fully saturated rings. The molecule has 3 aromatic heterocycles. The summed E-state index contributed by atoms with van der Waals surface area (Å²) in [5.74, 6) is 0. The van der Waals surface area contributed by atoms with Crippen molar-refractivity contribution in [2.45, 2.75) is 6.18 Å². The van der Waals surface area contributed by atoms with E-state index in [1.165, 1.54) is 24.5 Å². The Labute approximate surface area is 162 Å². The third-order valence-corrected chi connectivity index (χ3v) is 4.24. The zero-order chi connectivity index (χ0) is 19.7. The van der Waals surface area contributed by atoms with Gasteiger partial charge in [-0.1, -0.05) is 11.6 Å².